The van der Waals surface area contributed by atoms with Crippen molar-refractivity contribution in [1.29, 1.82) is 5.41 Å². The van der Waals surface area contributed by atoms with E-state index in [0.717, 1.165) is 28.7 Å². The van der Waals surface area contributed by atoms with Crippen LogP contribution >= 0.6 is 11.8 Å². The van der Waals surface area contributed by atoms with Gasteiger partial charge in [-0.25, -0.2) is 9.67 Å². The lowest BCUT2D eigenvalue weighted by molar-refractivity contribution is 0.423. The van der Waals surface area contributed by atoms with Crippen molar-refractivity contribution in [3.63, 3.8) is 0 Å². The lowest BCUT2D eigenvalue weighted by Crippen LogP contribution is -2.12. The molecule has 2 heterocycles. The first-order chi connectivity index (χ1) is 10.1. The van der Waals surface area contributed by atoms with Gasteiger partial charge in [0, 0.05) is 11.3 Å². The van der Waals surface area contributed by atoms with E-state index < -0.39 is 0 Å². The van der Waals surface area contributed by atoms with Gasteiger partial charge in [0.2, 0.25) is 5.16 Å². The maximum atomic E-state index is 7.55. The number of nitrogen functional groups attached to an aromatic ring is 1. The van der Waals surface area contributed by atoms with Gasteiger partial charge in [-0.3, -0.25) is 5.41 Å². The smallest absolute Gasteiger partial charge is 0.215 e. The fraction of sp³-hybridized carbons (Fsp3) is 0.462. The van der Waals surface area contributed by atoms with E-state index in [4.69, 9.17) is 11.1 Å². The van der Waals surface area contributed by atoms with E-state index in [0.29, 0.717) is 11.6 Å². The molecule has 1 aliphatic rings. The second-order valence-electron chi connectivity index (χ2n) is 5.20. The Morgan fingerprint density at radius 2 is 2.14 bits per heavy atom. The minimum atomic E-state index is 0.0396. The highest BCUT2D eigenvalue weighted by atomic mass is 32.2. The zero-order chi connectivity index (χ0) is 14.8. The Bertz CT molecular complexity index is 660. The molecule has 1 fully saturated rings. The molecule has 2 aromatic heterocycles. The largest absolute Gasteiger partial charge is 0.384 e. The molecule has 21 heavy (non-hydrogen) atoms. The summed E-state index contributed by atoms with van der Waals surface area (Å²) in [5.74, 6) is 0.0396. The standard InChI is InChI=1S/C13H17N7S/c1-8-6-9(12(14)15)7-11(16-8)21-13-17-18-19-20(13)10-4-2-3-5-10/h6-7,10H,2-5H2,1H3,(H3,14,15). The molecule has 1 aliphatic carbocycles. The Kier molecular flexibility index (Phi) is 3.87. The van der Waals surface area contributed by atoms with Crippen LogP contribution in [0.4, 0.5) is 0 Å². The molecule has 0 aromatic carbocycles. The fourth-order valence-corrected chi connectivity index (χ4v) is 3.49. The summed E-state index contributed by atoms with van der Waals surface area (Å²) in [6.45, 7) is 1.89. The van der Waals surface area contributed by atoms with E-state index in [9.17, 15) is 0 Å². The molecule has 0 amide bonds. The van der Waals surface area contributed by atoms with Crippen LogP contribution in [0.5, 0.6) is 0 Å². The van der Waals surface area contributed by atoms with Crippen molar-refractivity contribution in [2.45, 2.75) is 48.8 Å². The van der Waals surface area contributed by atoms with Crippen LogP contribution in [-0.2, 0) is 0 Å². The number of nitrogens with one attached hydrogen (secondary N) is 1. The number of rotatable bonds is 4. The summed E-state index contributed by atoms with van der Waals surface area (Å²) < 4.78 is 1.90. The number of nitrogens with zero attached hydrogens (tertiary/aromatic N) is 5. The van der Waals surface area contributed by atoms with Crippen LogP contribution in [0.3, 0.4) is 0 Å². The van der Waals surface area contributed by atoms with Crippen LogP contribution in [0, 0.1) is 12.3 Å². The molecule has 0 atom stereocenters. The number of tetrazole rings is 1. The van der Waals surface area contributed by atoms with Gasteiger partial charge in [0.15, 0.2) is 0 Å². The first-order valence-electron chi connectivity index (χ1n) is 6.92. The van der Waals surface area contributed by atoms with Crippen LogP contribution in [0.15, 0.2) is 22.3 Å². The Morgan fingerprint density at radius 3 is 2.86 bits per heavy atom. The minimum absolute atomic E-state index is 0.0396. The molecule has 2 aromatic rings. The summed E-state index contributed by atoms with van der Waals surface area (Å²) in [5.41, 5.74) is 7.05. The van der Waals surface area contributed by atoms with Gasteiger partial charge in [-0.05, 0) is 54.1 Å². The molecule has 0 unspecified atom stereocenters. The molecule has 0 radical (unpaired) electrons. The van der Waals surface area contributed by atoms with Crippen molar-refractivity contribution in [1.82, 2.24) is 25.2 Å². The predicted molar refractivity (Wildman–Crippen MR) is 79.4 cm³/mol. The third-order valence-corrected chi connectivity index (χ3v) is 4.44. The summed E-state index contributed by atoms with van der Waals surface area (Å²) in [6, 6.07) is 3.99. The topological polar surface area (TPSA) is 106 Å². The van der Waals surface area contributed by atoms with Crippen LogP contribution in [0.1, 0.15) is 43.0 Å². The fourth-order valence-electron chi connectivity index (χ4n) is 2.57. The highest BCUT2D eigenvalue weighted by Crippen LogP contribution is 2.33. The van der Waals surface area contributed by atoms with Gasteiger partial charge in [0.1, 0.15) is 10.9 Å². The third kappa shape index (κ3) is 3.05. The molecular weight excluding hydrogens is 286 g/mol. The molecule has 3 rings (SSSR count). The monoisotopic (exact) mass is 303 g/mol. The Labute approximate surface area is 126 Å². The van der Waals surface area contributed by atoms with Crippen molar-refractivity contribution < 1.29 is 0 Å². The molecule has 3 N–H and O–H groups in total. The Hall–Kier alpha value is -1.96. The number of nitrogens with two attached hydrogens (primary N) is 1. The van der Waals surface area contributed by atoms with E-state index in [1.807, 2.05) is 11.6 Å². The SMILES string of the molecule is Cc1cc(C(=N)N)cc(Sc2nnnn2C2CCCC2)n1. The van der Waals surface area contributed by atoms with Gasteiger partial charge < -0.3 is 5.73 Å². The number of hydrogen-bond donors (Lipinski definition) is 2. The van der Waals surface area contributed by atoms with Gasteiger partial charge in [-0.2, -0.15) is 0 Å². The lowest BCUT2D eigenvalue weighted by atomic mass is 10.2. The number of hydrogen-bond acceptors (Lipinski definition) is 6. The second kappa shape index (κ2) is 5.80. The normalized spacial score (nSPS) is 15.5. The third-order valence-electron chi connectivity index (χ3n) is 3.57. The van der Waals surface area contributed by atoms with Crippen LogP contribution in [0.2, 0.25) is 0 Å². The quantitative estimate of drug-likeness (QED) is 0.660. The summed E-state index contributed by atoms with van der Waals surface area (Å²) in [6.07, 6.45) is 4.70. The maximum Gasteiger partial charge on any atom is 0.215 e. The Balaban J connectivity index is 1.87. The number of aromatic nitrogens is 5. The molecule has 0 aliphatic heterocycles. The van der Waals surface area contributed by atoms with Gasteiger partial charge in [0.05, 0.1) is 6.04 Å². The highest BCUT2D eigenvalue weighted by molar-refractivity contribution is 7.99. The van der Waals surface area contributed by atoms with Crippen molar-refractivity contribution in [3.05, 3.63) is 23.4 Å². The zero-order valence-electron chi connectivity index (χ0n) is 11.8. The molecule has 0 bridgehead atoms. The van der Waals surface area contributed by atoms with Gasteiger partial charge >= 0.3 is 0 Å². The first-order valence-corrected chi connectivity index (χ1v) is 7.74. The zero-order valence-corrected chi connectivity index (χ0v) is 12.6. The predicted octanol–water partition coefficient (Wildman–Crippen LogP) is 1.93. The van der Waals surface area contributed by atoms with Crippen molar-refractivity contribution in [2.75, 3.05) is 0 Å². The molecule has 0 saturated heterocycles. The average molecular weight is 303 g/mol. The molecular formula is C13H17N7S. The summed E-state index contributed by atoms with van der Waals surface area (Å²) in [4.78, 5) is 4.46. The van der Waals surface area contributed by atoms with E-state index in [2.05, 4.69) is 20.5 Å². The van der Waals surface area contributed by atoms with E-state index >= 15 is 0 Å². The molecule has 8 heteroatoms. The van der Waals surface area contributed by atoms with E-state index in [-0.39, 0.29) is 5.84 Å². The molecule has 7 nitrogen and oxygen atoms in total. The molecule has 110 valence electrons. The maximum absolute atomic E-state index is 7.55. The average Bonchev–Trinajstić information content (AvgIpc) is 3.08. The summed E-state index contributed by atoms with van der Waals surface area (Å²) in [7, 11) is 0. The van der Waals surface area contributed by atoms with Crippen LogP contribution in [-0.4, -0.2) is 31.0 Å². The summed E-state index contributed by atoms with van der Waals surface area (Å²) in [5, 5.41) is 21.1. The van der Waals surface area contributed by atoms with Gasteiger partial charge in [-0.1, -0.05) is 12.8 Å². The van der Waals surface area contributed by atoms with Gasteiger partial charge in [-0.15, -0.1) is 5.10 Å². The lowest BCUT2D eigenvalue weighted by Gasteiger charge is -2.11. The number of aryl methyl sites for hydroxylation is 1. The summed E-state index contributed by atoms with van der Waals surface area (Å²) >= 11 is 1.42. The van der Waals surface area contributed by atoms with Crippen molar-refractivity contribution in [3.8, 4) is 0 Å². The van der Waals surface area contributed by atoms with E-state index in [1.54, 1.807) is 12.1 Å². The Morgan fingerprint density at radius 1 is 1.38 bits per heavy atom. The number of amidine groups is 1. The van der Waals surface area contributed by atoms with E-state index in [1.165, 1.54) is 24.6 Å². The second-order valence-corrected chi connectivity index (χ2v) is 6.18. The number of pyridine rings is 1. The minimum Gasteiger partial charge on any atom is -0.384 e. The van der Waals surface area contributed by atoms with Crippen molar-refractivity contribution in [2.24, 2.45) is 5.73 Å². The van der Waals surface area contributed by atoms with Gasteiger partial charge in [0.25, 0.3) is 0 Å². The molecule has 1 saturated carbocycles. The van der Waals surface area contributed by atoms with Crippen molar-refractivity contribution >= 4 is 17.6 Å². The van der Waals surface area contributed by atoms with Crippen LogP contribution < -0.4 is 5.73 Å². The van der Waals surface area contributed by atoms with Crippen LogP contribution in [0.25, 0.3) is 0 Å². The first kappa shape index (κ1) is 14.0. The molecule has 0 spiro atoms. The highest BCUT2D eigenvalue weighted by Gasteiger charge is 2.22.